The number of urea groups is 1. The van der Waals surface area contributed by atoms with Crippen LogP contribution in [0.25, 0.3) is 0 Å². The van der Waals surface area contributed by atoms with Crippen LogP contribution in [0, 0.1) is 0 Å². The number of hydrogen-bond acceptors (Lipinski definition) is 4. The van der Waals surface area contributed by atoms with Gasteiger partial charge in [-0.05, 0) is 26.3 Å². The Balaban J connectivity index is 1.51. The normalized spacial score (nSPS) is 25.7. The maximum absolute atomic E-state index is 12.4. The Morgan fingerprint density at radius 1 is 1.43 bits per heavy atom. The van der Waals surface area contributed by atoms with Crippen molar-refractivity contribution in [2.75, 3.05) is 39.8 Å². The Bertz CT molecular complexity index is 526. The van der Waals surface area contributed by atoms with E-state index in [0.717, 1.165) is 44.8 Å². The molecule has 3 rings (SSSR count). The number of nitrogens with zero attached hydrogens (tertiary/aromatic N) is 4. The summed E-state index contributed by atoms with van der Waals surface area (Å²) in [5.41, 5.74) is 0. The summed E-state index contributed by atoms with van der Waals surface area (Å²) in [6.45, 7) is 3.83. The number of nitrogens with one attached hydrogen (secondary N) is 1. The van der Waals surface area contributed by atoms with Crippen molar-refractivity contribution in [3.63, 3.8) is 0 Å². The van der Waals surface area contributed by atoms with Gasteiger partial charge in [0.1, 0.15) is 5.82 Å². The first-order valence-electron chi connectivity index (χ1n) is 8.47. The zero-order valence-corrected chi connectivity index (χ0v) is 14.1. The molecule has 1 N–H and O–H groups in total. The number of carbonyl (C=O) groups excluding carboxylic acids is 1. The first-order chi connectivity index (χ1) is 11.1. The van der Waals surface area contributed by atoms with Crippen LogP contribution in [-0.4, -0.2) is 71.3 Å². The van der Waals surface area contributed by atoms with E-state index >= 15 is 0 Å². The van der Waals surface area contributed by atoms with Crippen LogP contribution < -0.4 is 5.32 Å². The summed E-state index contributed by atoms with van der Waals surface area (Å²) in [5, 5.41) is 3.04. The molecule has 2 aliphatic heterocycles. The number of aryl methyl sites for hydroxylation is 1. The maximum atomic E-state index is 12.4. The van der Waals surface area contributed by atoms with Crippen molar-refractivity contribution in [2.24, 2.45) is 7.05 Å². The van der Waals surface area contributed by atoms with Crippen LogP contribution in [0.1, 0.15) is 31.1 Å². The summed E-state index contributed by atoms with van der Waals surface area (Å²) in [6.07, 6.45) is 7.24. The zero-order valence-electron chi connectivity index (χ0n) is 14.1. The highest BCUT2D eigenvalue weighted by atomic mass is 16.5. The van der Waals surface area contributed by atoms with Crippen LogP contribution in [-0.2, 0) is 11.8 Å². The highest BCUT2D eigenvalue weighted by Crippen LogP contribution is 2.22. The Morgan fingerprint density at radius 3 is 3.00 bits per heavy atom. The molecular weight excluding hydrogens is 294 g/mol. The minimum Gasteiger partial charge on any atom is -0.378 e. The van der Waals surface area contributed by atoms with Gasteiger partial charge in [0.05, 0.1) is 12.1 Å². The SMILES string of the molecule is CN1CCN(C(=O)NCC[C@H]2CCCO2)C[C@H]1c1nccn1C. The maximum Gasteiger partial charge on any atom is 0.317 e. The van der Waals surface area contributed by atoms with Gasteiger partial charge in [0.15, 0.2) is 0 Å². The Morgan fingerprint density at radius 2 is 2.30 bits per heavy atom. The third-order valence-electron chi connectivity index (χ3n) is 4.86. The van der Waals surface area contributed by atoms with E-state index < -0.39 is 0 Å². The van der Waals surface area contributed by atoms with Crippen LogP contribution >= 0.6 is 0 Å². The van der Waals surface area contributed by atoms with Crippen molar-refractivity contribution in [2.45, 2.75) is 31.4 Å². The molecule has 0 spiro atoms. The van der Waals surface area contributed by atoms with Gasteiger partial charge >= 0.3 is 6.03 Å². The largest absolute Gasteiger partial charge is 0.378 e. The second kappa shape index (κ2) is 7.31. The lowest BCUT2D eigenvalue weighted by atomic mass is 10.1. The van der Waals surface area contributed by atoms with E-state index in [4.69, 9.17) is 4.74 Å². The van der Waals surface area contributed by atoms with Crippen LogP contribution in [0.4, 0.5) is 4.79 Å². The molecule has 1 aromatic rings. The van der Waals surface area contributed by atoms with Crippen molar-refractivity contribution in [3.8, 4) is 0 Å². The average Bonchev–Trinajstić information content (AvgIpc) is 3.19. The minimum atomic E-state index is 0.0234. The Kier molecular flexibility index (Phi) is 5.17. The van der Waals surface area contributed by atoms with Gasteiger partial charge in [-0.3, -0.25) is 4.90 Å². The van der Waals surface area contributed by atoms with E-state index in [0.29, 0.717) is 19.2 Å². The third kappa shape index (κ3) is 3.84. The van der Waals surface area contributed by atoms with E-state index in [1.807, 2.05) is 28.9 Å². The number of piperazine rings is 1. The minimum absolute atomic E-state index is 0.0234. The molecule has 0 radical (unpaired) electrons. The number of hydrogen-bond donors (Lipinski definition) is 1. The molecular formula is C16H27N5O2. The summed E-state index contributed by atoms with van der Waals surface area (Å²) in [7, 11) is 4.09. The highest BCUT2D eigenvalue weighted by molar-refractivity contribution is 5.74. The molecule has 7 nitrogen and oxygen atoms in total. The molecule has 2 aliphatic rings. The fraction of sp³-hybridized carbons (Fsp3) is 0.750. The van der Waals surface area contributed by atoms with E-state index in [9.17, 15) is 4.79 Å². The molecule has 0 saturated carbocycles. The predicted molar refractivity (Wildman–Crippen MR) is 87.1 cm³/mol. The van der Waals surface area contributed by atoms with E-state index in [1.54, 1.807) is 0 Å². The topological polar surface area (TPSA) is 62.6 Å². The molecule has 23 heavy (non-hydrogen) atoms. The number of imidazole rings is 1. The first-order valence-corrected chi connectivity index (χ1v) is 8.47. The van der Waals surface area contributed by atoms with Gasteiger partial charge in [0.2, 0.25) is 0 Å². The van der Waals surface area contributed by atoms with Crippen LogP contribution in [0.3, 0.4) is 0 Å². The van der Waals surface area contributed by atoms with Crippen LogP contribution in [0.15, 0.2) is 12.4 Å². The monoisotopic (exact) mass is 321 g/mol. The molecule has 0 bridgehead atoms. The molecule has 2 atom stereocenters. The lowest BCUT2D eigenvalue weighted by Gasteiger charge is -2.38. The number of likely N-dealkylation sites (N-methyl/N-ethyl adjacent to an activating group) is 1. The fourth-order valence-electron chi connectivity index (χ4n) is 3.36. The lowest BCUT2D eigenvalue weighted by Crippen LogP contribution is -2.52. The van der Waals surface area contributed by atoms with Gasteiger partial charge in [0, 0.05) is 52.2 Å². The molecule has 7 heteroatoms. The summed E-state index contributed by atoms with van der Waals surface area (Å²) in [4.78, 5) is 21.0. The average molecular weight is 321 g/mol. The van der Waals surface area contributed by atoms with Gasteiger partial charge in [-0.1, -0.05) is 0 Å². The summed E-state index contributed by atoms with van der Waals surface area (Å²) in [6, 6.07) is 0.169. The number of rotatable bonds is 4. The van der Waals surface area contributed by atoms with Gasteiger partial charge in [-0.25, -0.2) is 9.78 Å². The van der Waals surface area contributed by atoms with Gasteiger partial charge in [-0.15, -0.1) is 0 Å². The van der Waals surface area contributed by atoms with Crippen LogP contribution in [0.5, 0.6) is 0 Å². The van der Waals surface area contributed by atoms with Crippen LogP contribution in [0.2, 0.25) is 0 Å². The van der Waals surface area contributed by atoms with Crippen molar-refractivity contribution < 1.29 is 9.53 Å². The van der Waals surface area contributed by atoms with E-state index in [1.165, 1.54) is 0 Å². The van der Waals surface area contributed by atoms with Crippen molar-refractivity contribution in [1.82, 2.24) is 24.7 Å². The Hall–Kier alpha value is -1.60. The third-order valence-corrected chi connectivity index (χ3v) is 4.86. The molecule has 2 saturated heterocycles. The fourth-order valence-corrected chi connectivity index (χ4v) is 3.36. The number of amides is 2. The number of ether oxygens (including phenoxy) is 1. The second-order valence-electron chi connectivity index (χ2n) is 6.49. The van der Waals surface area contributed by atoms with E-state index in [2.05, 4.69) is 22.2 Å². The quantitative estimate of drug-likeness (QED) is 0.898. The molecule has 0 aromatic carbocycles. The number of aromatic nitrogens is 2. The van der Waals surface area contributed by atoms with Gasteiger partial charge in [0.25, 0.3) is 0 Å². The molecule has 2 fully saturated rings. The summed E-state index contributed by atoms with van der Waals surface area (Å²) in [5.74, 6) is 1.00. The standard InChI is InChI=1S/C16H27N5O2/c1-19-9-10-21(12-14(19)15-17-7-8-20(15)2)16(22)18-6-5-13-4-3-11-23-13/h7-8,13-14H,3-6,9-12H2,1-2H3,(H,18,22)/t13-,14+/m1/s1. The molecule has 2 amide bonds. The molecule has 0 unspecified atom stereocenters. The zero-order chi connectivity index (χ0) is 16.2. The molecule has 0 aliphatic carbocycles. The molecule has 3 heterocycles. The first kappa shape index (κ1) is 16.3. The Labute approximate surface area is 137 Å². The molecule has 1 aromatic heterocycles. The summed E-state index contributed by atoms with van der Waals surface area (Å²) >= 11 is 0. The highest BCUT2D eigenvalue weighted by Gasteiger charge is 2.30. The van der Waals surface area contributed by atoms with Gasteiger partial charge in [-0.2, -0.15) is 0 Å². The smallest absolute Gasteiger partial charge is 0.317 e. The van der Waals surface area contributed by atoms with Crippen molar-refractivity contribution in [1.29, 1.82) is 0 Å². The van der Waals surface area contributed by atoms with E-state index in [-0.39, 0.29) is 12.1 Å². The van der Waals surface area contributed by atoms with Gasteiger partial charge < -0.3 is 19.5 Å². The number of carbonyl (C=O) groups is 1. The predicted octanol–water partition coefficient (Wildman–Crippen LogP) is 0.987. The molecule has 128 valence electrons. The second-order valence-corrected chi connectivity index (χ2v) is 6.49. The summed E-state index contributed by atoms with van der Waals surface area (Å²) < 4.78 is 7.62. The van der Waals surface area contributed by atoms with Crippen molar-refractivity contribution >= 4 is 6.03 Å². The van der Waals surface area contributed by atoms with Crippen molar-refractivity contribution in [3.05, 3.63) is 18.2 Å². The lowest BCUT2D eigenvalue weighted by molar-refractivity contribution is 0.0967.